The van der Waals surface area contributed by atoms with Gasteiger partial charge in [-0.25, -0.2) is 0 Å². The van der Waals surface area contributed by atoms with Gasteiger partial charge in [-0.05, 0) is 12.7 Å². The average molecular weight is 238 g/mol. The lowest BCUT2D eigenvalue weighted by Gasteiger charge is -2.28. The van der Waals surface area contributed by atoms with Crippen molar-refractivity contribution in [3.8, 4) is 0 Å². The molecule has 1 amide bonds. The second kappa shape index (κ2) is 7.41. The highest BCUT2D eigenvalue weighted by molar-refractivity contribution is 7.98. The zero-order valence-electron chi connectivity index (χ0n) is 9.42. The van der Waals surface area contributed by atoms with Crippen molar-refractivity contribution < 1.29 is 4.79 Å². The predicted octanol–water partition coefficient (Wildman–Crippen LogP) is 2.46. The van der Waals surface area contributed by atoms with E-state index in [1.807, 2.05) is 18.9 Å². The molecule has 4 heteroatoms. The van der Waals surface area contributed by atoms with Gasteiger partial charge in [-0.3, -0.25) is 4.79 Å². The largest absolute Gasteiger partial charge is 0.342 e. The normalized spacial score (nSPS) is 14.9. The molecule has 0 radical (unpaired) electrons. The van der Waals surface area contributed by atoms with Crippen molar-refractivity contribution in [2.45, 2.75) is 26.3 Å². The van der Waals surface area contributed by atoms with Gasteiger partial charge in [-0.1, -0.05) is 13.8 Å². The molecule has 2 nitrogen and oxygen atoms in total. The summed E-state index contributed by atoms with van der Waals surface area (Å²) < 4.78 is 0. The van der Waals surface area contributed by atoms with E-state index in [4.69, 9.17) is 11.6 Å². The van der Waals surface area contributed by atoms with E-state index in [2.05, 4.69) is 13.2 Å². The molecule has 14 heavy (non-hydrogen) atoms. The van der Waals surface area contributed by atoms with E-state index in [1.165, 1.54) is 0 Å². The number of thioether (sulfide) groups is 1. The van der Waals surface area contributed by atoms with Crippen LogP contribution in [0.4, 0.5) is 0 Å². The van der Waals surface area contributed by atoms with Crippen molar-refractivity contribution in [2.75, 3.05) is 24.9 Å². The number of amides is 1. The van der Waals surface area contributed by atoms with E-state index in [1.54, 1.807) is 11.8 Å². The Balaban J connectivity index is 4.25. The molecule has 0 aromatic carbocycles. The summed E-state index contributed by atoms with van der Waals surface area (Å²) in [7, 11) is 1.87. The van der Waals surface area contributed by atoms with Crippen molar-refractivity contribution in [2.24, 2.45) is 5.92 Å². The Morgan fingerprint density at radius 1 is 1.57 bits per heavy atom. The van der Waals surface area contributed by atoms with Gasteiger partial charge in [-0.2, -0.15) is 11.8 Å². The first kappa shape index (κ1) is 14.1. The number of hydrogen-bond donors (Lipinski definition) is 0. The quantitative estimate of drug-likeness (QED) is 0.662. The molecule has 0 aromatic heterocycles. The first-order valence-electron chi connectivity index (χ1n) is 4.90. The van der Waals surface area contributed by atoms with E-state index >= 15 is 0 Å². The molecule has 0 heterocycles. The molecule has 0 saturated carbocycles. The molecule has 0 N–H and O–H groups in total. The van der Waals surface area contributed by atoms with Gasteiger partial charge >= 0.3 is 0 Å². The Morgan fingerprint density at radius 2 is 2.14 bits per heavy atom. The summed E-state index contributed by atoms with van der Waals surface area (Å²) in [4.78, 5) is 13.6. The van der Waals surface area contributed by atoms with Gasteiger partial charge in [0.05, 0.1) is 0 Å². The van der Waals surface area contributed by atoms with Gasteiger partial charge in [0.2, 0.25) is 5.91 Å². The van der Waals surface area contributed by atoms with Crippen LogP contribution in [-0.2, 0) is 4.79 Å². The van der Waals surface area contributed by atoms with Gasteiger partial charge in [-0.15, -0.1) is 11.6 Å². The van der Waals surface area contributed by atoms with E-state index in [-0.39, 0.29) is 11.8 Å². The van der Waals surface area contributed by atoms with Gasteiger partial charge in [0, 0.05) is 30.6 Å². The van der Waals surface area contributed by atoms with Crippen LogP contribution in [-0.4, -0.2) is 41.8 Å². The van der Waals surface area contributed by atoms with Gasteiger partial charge < -0.3 is 4.90 Å². The van der Waals surface area contributed by atoms with Crippen LogP contribution in [0.3, 0.4) is 0 Å². The fourth-order valence-corrected chi connectivity index (χ4v) is 2.27. The van der Waals surface area contributed by atoms with E-state index in [0.717, 1.165) is 12.2 Å². The van der Waals surface area contributed by atoms with Crippen LogP contribution in [0.1, 0.15) is 20.3 Å². The van der Waals surface area contributed by atoms with E-state index < -0.39 is 0 Å². The van der Waals surface area contributed by atoms with Crippen molar-refractivity contribution in [1.82, 2.24) is 4.90 Å². The molecular formula is C10H20ClNOS. The maximum atomic E-state index is 11.8. The van der Waals surface area contributed by atoms with Crippen molar-refractivity contribution in [3.63, 3.8) is 0 Å². The maximum absolute atomic E-state index is 11.8. The molecule has 0 fully saturated rings. The van der Waals surface area contributed by atoms with Crippen molar-refractivity contribution >= 4 is 29.3 Å². The van der Waals surface area contributed by atoms with E-state index in [9.17, 15) is 4.79 Å². The molecule has 0 spiro atoms. The molecule has 2 atom stereocenters. The second-order valence-corrected chi connectivity index (χ2v) is 4.74. The topological polar surface area (TPSA) is 20.3 Å². The lowest BCUT2D eigenvalue weighted by atomic mass is 10.1. The lowest BCUT2D eigenvalue weighted by Crippen LogP contribution is -2.41. The van der Waals surface area contributed by atoms with Crippen LogP contribution in [0, 0.1) is 5.92 Å². The minimum atomic E-state index is -0.0717. The summed E-state index contributed by atoms with van der Waals surface area (Å²) in [5.41, 5.74) is 0. The molecule has 0 bridgehead atoms. The zero-order chi connectivity index (χ0) is 11.1. The number of halogens is 1. The highest BCUT2D eigenvalue weighted by Crippen LogP contribution is 2.12. The third-order valence-corrected chi connectivity index (χ3v) is 3.56. The Bertz CT molecular complexity index is 178. The summed E-state index contributed by atoms with van der Waals surface area (Å²) in [6, 6.07) is 0.336. The first-order chi connectivity index (χ1) is 6.58. The highest BCUT2D eigenvalue weighted by Gasteiger charge is 2.21. The Labute approximate surface area is 96.4 Å². The minimum Gasteiger partial charge on any atom is -0.342 e. The Kier molecular flexibility index (Phi) is 7.47. The Morgan fingerprint density at radius 3 is 2.50 bits per heavy atom. The summed E-state index contributed by atoms with van der Waals surface area (Å²) in [5, 5.41) is 0. The number of carbonyl (C=O) groups is 1. The average Bonchev–Trinajstić information content (AvgIpc) is 2.22. The monoisotopic (exact) mass is 237 g/mol. The molecule has 84 valence electrons. The van der Waals surface area contributed by atoms with Crippen LogP contribution in [0.5, 0.6) is 0 Å². The molecule has 0 aliphatic heterocycles. The molecule has 0 aliphatic carbocycles. The maximum Gasteiger partial charge on any atom is 0.226 e. The predicted molar refractivity (Wildman–Crippen MR) is 65.1 cm³/mol. The van der Waals surface area contributed by atoms with Crippen LogP contribution in [0.15, 0.2) is 0 Å². The van der Waals surface area contributed by atoms with Gasteiger partial charge in [0.15, 0.2) is 0 Å². The molecule has 0 saturated heterocycles. The zero-order valence-corrected chi connectivity index (χ0v) is 11.0. The van der Waals surface area contributed by atoms with Crippen LogP contribution < -0.4 is 0 Å². The molecule has 0 aromatic rings. The third kappa shape index (κ3) is 4.09. The third-order valence-electron chi connectivity index (χ3n) is 2.38. The molecule has 0 aliphatic rings. The van der Waals surface area contributed by atoms with Crippen LogP contribution >= 0.6 is 23.4 Å². The summed E-state index contributed by atoms with van der Waals surface area (Å²) in [5.74, 6) is 1.48. The highest BCUT2D eigenvalue weighted by atomic mass is 35.5. The smallest absolute Gasteiger partial charge is 0.226 e. The molecule has 2 unspecified atom stereocenters. The number of nitrogens with zero attached hydrogens (tertiary/aromatic N) is 1. The molecular weight excluding hydrogens is 218 g/mol. The summed E-state index contributed by atoms with van der Waals surface area (Å²) >= 11 is 7.44. The summed E-state index contributed by atoms with van der Waals surface area (Å²) in [6.45, 7) is 3.98. The summed E-state index contributed by atoms with van der Waals surface area (Å²) in [6.07, 6.45) is 3.06. The number of hydrogen-bond acceptors (Lipinski definition) is 2. The minimum absolute atomic E-state index is 0.0717. The molecule has 0 rings (SSSR count). The van der Waals surface area contributed by atoms with Gasteiger partial charge in [0.25, 0.3) is 0 Å². The number of alkyl halides is 1. The standard InChI is InChI=1S/C10H20ClNOS/c1-5-9(7-14-4)12(3)10(13)8(2)6-11/h8-9H,5-7H2,1-4H3. The Hall–Kier alpha value is 0.110. The van der Waals surface area contributed by atoms with Crippen LogP contribution in [0.25, 0.3) is 0 Å². The van der Waals surface area contributed by atoms with Gasteiger partial charge in [0.1, 0.15) is 0 Å². The SMILES string of the molecule is CCC(CSC)N(C)C(=O)C(C)CCl. The fraction of sp³-hybridized carbons (Fsp3) is 0.900. The second-order valence-electron chi connectivity index (χ2n) is 3.52. The number of rotatable bonds is 6. The fourth-order valence-electron chi connectivity index (χ4n) is 1.29. The van der Waals surface area contributed by atoms with Crippen molar-refractivity contribution in [3.05, 3.63) is 0 Å². The van der Waals surface area contributed by atoms with E-state index in [0.29, 0.717) is 11.9 Å². The van der Waals surface area contributed by atoms with Crippen molar-refractivity contribution in [1.29, 1.82) is 0 Å². The van der Waals surface area contributed by atoms with Crippen LogP contribution in [0.2, 0.25) is 0 Å². The lowest BCUT2D eigenvalue weighted by molar-refractivity contribution is -0.134. The number of carbonyl (C=O) groups excluding carboxylic acids is 1. The first-order valence-corrected chi connectivity index (χ1v) is 6.82.